The molecule has 0 aliphatic heterocycles. The fourth-order valence-corrected chi connectivity index (χ4v) is 2.07. The third-order valence-electron chi connectivity index (χ3n) is 2.77. The van der Waals surface area contributed by atoms with Crippen LogP contribution in [0.1, 0.15) is 5.56 Å². The van der Waals surface area contributed by atoms with Crippen LogP contribution in [0.15, 0.2) is 48.5 Å². The van der Waals surface area contributed by atoms with Crippen LogP contribution >= 0.6 is 24.4 Å². The first kappa shape index (κ1) is 15.9. The summed E-state index contributed by atoms with van der Waals surface area (Å²) in [5.74, 6) is -0.352. The van der Waals surface area contributed by atoms with E-state index in [2.05, 4.69) is 28.4 Å². The number of carbonyl (C=O) groups excluding carboxylic acids is 1. The van der Waals surface area contributed by atoms with E-state index < -0.39 is 0 Å². The van der Waals surface area contributed by atoms with Crippen molar-refractivity contribution < 1.29 is 4.79 Å². The molecule has 22 heavy (non-hydrogen) atoms. The fourth-order valence-electron chi connectivity index (χ4n) is 1.86. The second kappa shape index (κ2) is 7.48. The zero-order valence-corrected chi connectivity index (χ0v) is 13.1. The number of nitrogens with one attached hydrogen (secondary N) is 3. The van der Waals surface area contributed by atoms with Gasteiger partial charge in [0.1, 0.15) is 0 Å². The van der Waals surface area contributed by atoms with Crippen molar-refractivity contribution in [2.75, 3.05) is 0 Å². The molecule has 1 amide bonds. The maximum absolute atomic E-state index is 11.8. The molecular formula is C15H14N4OS2. The quantitative estimate of drug-likeness (QED) is 0.380. The zero-order chi connectivity index (χ0) is 15.9. The number of fused-ring (bicyclic) bond motifs is 1. The first-order chi connectivity index (χ1) is 10.6. The first-order valence-electron chi connectivity index (χ1n) is 6.38. The second-order valence-corrected chi connectivity index (χ2v) is 5.18. The minimum atomic E-state index is -0.352. The summed E-state index contributed by atoms with van der Waals surface area (Å²) in [6, 6.07) is 13.9. The van der Waals surface area contributed by atoms with Gasteiger partial charge in [0.25, 0.3) is 0 Å². The number of hydrogen-bond donors (Lipinski definition) is 4. The van der Waals surface area contributed by atoms with Crippen molar-refractivity contribution >= 4 is 57.4 Å². The van der Waals surface area contributed by atoms with Crippen molar-refractivity contribution in [1.82, 2.24) is 16.2 Å². The average molecular weight is 330 g/mol. The van der Waals surface area contributed by atoms with Gasteiger partial charge in [-0.3, -0.25) is 21.0 Å². The van der Waals surface area contributed by atoms with Crippen LogP contribution in [0.5, 0.6) is 0 Å². The smallest absolute Gasteiger partial charge is 0.250 e. The summed E-state index contributed by atoms with van der Waals surface area (Å²) in [5.41, 5.74) is 11.1. The third kappa shape index (κ3) is 4.51. The van der Waals surface area contributed by atoms with Crippen molar-refractivity contribution in [2.24, 2.45) is 5.73 Å². The van der Waals surface area contributed by atoms with E-state index in [1.165, 1.54) is 6.08 Å². The summed E-state index contributed by atoms with van der Waals surface area (Å²) in [6.45, 7) is 0. The minimum Gasteiger partial charge on any atom is -0.375 e. The summed E-state index contributed by atoms with van der Waals surface area (Å²) < 4.78 is 0. The van der Waals surface area contributed by atoms with Crippen LogP contribution in [0.25, 0.3) is 16.8 Å². The zero-order valence-electron chi connectivity index (χ0n) is 11.5. The SMILES string of the molecule is NC(=S)NNC(=S)NC(=O)/C=C/c1cccc2ccccc12. The van der Waals surface area contributed by atoms with Gasteiger partial charge in [0.15, 0.2) is 10.2 Å². The Bertz CT molecular complexity index is 753. The molecule has 0 atom stereocenters. The van der Waals surface area contributed by atoms with Crippen LogP contribution in [0.3, 0.4) is 0 Å². The van der Waals surface area contributed by atoms with Gasteiger partial charge in [-0.2, -0.15) is 0 Å². The van der Waals surface area contributed by atoms with Gasteiger partial charge in [-0.05, 0) is 46.8 Å². The lowest BCUT2D eigenvalue weighted by atomic mass is 10.0. The van der Waals surface area contributed by atoms with Gasteiger partial charge >= 0.3 is 0 Å². The van der Waals surface area contributed by atoms with E-state index in [1.54, 1.807) is 6.08 Å². The van der Waals surface area contributed by atoms with Gasteiger partial charge in [0.2, 0.25) is 5.91 Å². The van der Waals surface area contributed by atoms with E-state index in [1.807, 2.05) is 42.5 Å². The molecule has 0 bridgehead atoms. The van der Waals surface area contributed by atoms with Crippen molar-refractivity contribution in [3.63, 3.8) is 0 Å². The summed E-state index contributed by atoms with van der Waals surface area (Å²) >= 11 is 9.51. The molecule has 5 nitrogen and oxygen atoms in total. The predicted molar refractivity (Wildman–Crippen MR) is 96.8 cm³/mol. The molecule has 112 valence electrons. The molecule has 0 fully saturated rings. The Kier molecular flexibility index (Phi) is 5.40. The Labute approximate surface area is 138 Å². The maximum atomic E-state index is 11.8. The largest absolute Gasteiger partial charge is 0.375 e. The summed E-state index contributed by atoms with van der Waals surface area (Å²) in [6.07, 6.45) is 3.15. The molecule has 2 aromatic carbocycles. The van der Waals surface area contributed by atoms with Crippen molar-refractivity contribution in [1.29, 1.82) is 0 Å². The van der Waals surface area contributed by atoms with Gasteiger partial charge in [-0.15, -0.1) is 0 Å². The predicted octanol–water partition coefficient (Wildman–Crippen LogP) is 1.59. The second-order valence-electron chi connectivity index (χ2n) is 4.33. The van der Waals surface area contributed by atoms with Gasteiger partial charge < -0.3 is 5.73 Å². The Balaban J connectivity index is 2.03. The van der Waals surface area contributed by atoms with E-state index in [9.17, 15) is 4.79 Å². The number of rotatable bonds is 2. The van der Waals surface area contributed by atoms with Crippen LogP contribution in [-0.2, 0) is 4.79 Å². The Morgan fingerprint density at radius 1 is 1.05 bits per heavy atom. The number of hydrazine groups is 1. The highest BCUT2D eigenvalue weighted by atomic mass is 32.1. The Morgan fingerprint density at radius 3 is 2.55 bits per heavy atom. The van der Waals surface area contributed by atoms with Crippen LogP contribution in [-0.4, -0.2) is 16.1 Å². The number of benzene rings is 2. The summed E-state index contributed by atoms with van der Waals surface area (Å²) in [5, 5.41) is 4.77. The Morgan fingerprint density at radius 2 is 1.77 bits per heavy atom. The van der Waals surface area contributed by atoms with Crippen molar-refractivity contribution in [3.05, 3.63) is 54.1 Å². The standard InChI is InChI=1S/C15H14N4OS2/c16-14(21)18-19-15(22)17-13(20)9-8-11-6-3-5-10-4-1-2-7-12(10)11/h1-9H,(H3,16,18,21)(H2,17,19,20,22)/b9-8+. The molecule has 0 unspecified atom stereocenters. The topological polar surface area (TPSA) is 79.2 Å². The number of thiocarbonyl (C=S) groups is 2. The van der Waals surface area contributed by atoms with E-state index >= 15 is 0 Å². The molecule has 0 saturated carbocycles. The van der Waals surface area contributed by atoms with Crippen LogP contribution in [0.2, 0.25) is 0 Å². The minimum absolute atomic E-state index is 0.0305. The molecule has 0 aliphatic carbocycles. The molecular weight excluding hydrogens is 316 g/mol. The molecule has 0 radical (unpaired) electrons. The van der Waals surface area contributed by atoms with Crippen LogP contribution < -0.4 is 21.9 Å². The molecule has 5 N–H and O–H groups in total. The fraction of sp³-hybridized carbons (Fsp3) is 0. The number of amides is 1. The average Bonchev–Trinajstić information content (AvgIpc) is 2.51. The lowest BCUT2D eigenvalue weighted by molar-refractivity contribution is -0.115. The number of hydrogen-bond acceptors (Lipinski definition) is 3. The van der Waals surface area contributed by atoms with E-state index in [0.29, 0.717) is 0 Å². The molecule has 2 aromatic rings. The number of nitrogens with two attached hydrogens (primary N) is 1. The Hall–Kier alpha value is -2.51. The first-order valence-corrected chi connectivity index (χ1v) is 7.20. The molecule has 0 heterocycles. The lowest BCUT2D eigenvalue weighted by Crippen LogP contribution is -2.49. The van der Waals surface area contributed by atoms with Crippen LogP contribution in [0.4, 0.5) is 0 Å². The maximum Gasteiger partial charge on any atom is 0.250 e. The molecule has 2 rings (SSSR count). The monoisotopic (exact) mass is 330 g/mol. The highest BCUT2D eigenvalue weighted by Gasteiger charge is 2.01. The van der Waals surface area contributed by atoms with E-state index in [0.717, 1.165) is 16.3 Å². The highest BCUT2D eigenvalue weighted by Crippen LogP contribution is 2.19. The van der Waals surface area contributed by atoms with Gasteiger partial charge in [0, 0.05) is 6.08 Å². The molecule has 7 heteroatoms. The third-order valence-corrected chi connectivity index (χ3v) is 3.08. The van der Waals surface area contributed by atoms with E-state index in [-0.39, 0.29) is 16.1 Å². The number of carbonyl (C=O) groups is 1. The van der Waals surface area contributed by atoms with Crippen molar-refractivity contribution in [3.8, 4) is 0 Å². The molecule has 0 spiro atoms. The lowest BCUT2D eigenvalue weighted by Gasteiger charge is -2.08. The highest BCUT2D eigenvalue weighted by molar-refractivity contribution is 7.80. The van der Waals surface area contributed by atoms with Gasteiger partial charge in [0.05, 0.1) is 0 Å². The summed E-state index contributed by atoms with van der Waals surface area (Å²) in [4.78, 5) is 11.8. The summed E-state index contributed by atoms with van der Waals surface area (Å²) in [7, 11) is 0. The van der Waals surface area contributed by atoms with Gasteiger partial charge in [-0.25, -0.2) is 0 Å². The van der Waals surface area contributed by atoms with Gasteiger partial charge in [-0.1, -0.05) is 42.5 Å². The molecule has 0 saturated heterocycles. The van der Waals surface area contributed by atoms with E-state index in [4.69, 9.17) is 18.0 Å². The van der Waals surface area contributed by atoms with Crippen LogP contribution in [0, 0.1) is 0 Å². The normalized spacial score (nSPS) is 10.4. The van der Waals surface area contributed by atoms with Crippen molar-refractivity contribution in [2.45, 2.75) is 0 Å². The molecule has 0 aliphatic rings. The molecule has 0 aromatic heterocycles.